The topological polar surface area (TPSA) is 113 Å². The molecule has 0 bridgehead atoms. The van der Waals surface area contributed by atoms with Gasteiger partial charge in [0.2, 0.25) is 5.91 Å². The summed E-state index contributed by atoms with van der Waals surface area (Å²) in [5.74, 6) is -1.01. The van der Waals surface area contributed by atoms with Crippen molar-refractivity contribution in [1.29, 1.82) is 0 Å². The lowest BCUT2D eigenvalue weighted by Gasteiger charge is -2.30. The number of fused-ring (bicyclic) bond motifs is 1. The summed E-state index contributed by atoms with van der Waals surface area (Å²) in [4.78, 5) is 43.0. The minimum absolute atomic E-state index is 0.00818. The van der Waals surface area contributed by atoms with Crippen LogP contribution >= 0.6 is 23.2 Å². The first kappa shape index (κ1) is 34.7. The van der Waals surface area contributed by atoms with Crippen LogP contribution in [0, 0.1) is 11.8 Å². The third kappa shape index (κ3) is 7.38. The second-order valence-electron chi connectivity index (χ2n) is 13.7. The molecule has 2 aromatic carbocycles. The second kappa shape index (κ2) is 14.8. The first-order valence-corrected chi connectivity index (χ1v) is 17.5. The van der Waals surface area contributed by atoms with Crippen LogP contribution in [0.15, 0.2) is 42.6 Å². The molecule has 2 aliphatic heterocycles. The number of halogens is 2. The molecule has 3 aromatic rings. The van der Waals surface area contributed by atoms with E-state index < -0.39 is 5.97 Å². The fourth-order valence-corrected chi connectivity index (χ4v) is 8.18. The molecule has 2 saturated heterocycles. The zero-order valence-electron chi connectivity index (χ0n) is 27.7. The molecule has 0 radical (unpaired) electrons. The highest BCUT2D eigenvalue weighted by molar-refractivity contribution is 6.36. The number of aromatic nitrogens is 1. The number of hydrogen-bond donors (Lipinski definition) is 2. The van der Waals surface area contributed by atoms with E-state index in [-0.39, 0.29) is 48.4 Å². The Morgan fingerprint density at radius 1 is 1.02 bits per heavy atom. The number of aliphatic carboxylic acids is 1. The van der Waals surface area contributed by atoms with Crippen molar-refractivity contribution in [2.24, 2.45) is 18.9 Å². The van der Waals surface area contributed by atoms with Crippen molar-refractivity contribution in [2.75, 3.05) is 38.7 Å². The van der Waals surface area contributed by atoms with Gasteiger partial charge in [-0.05, 0) is 61.8 Å². The molecule has 4 atom stereocenters. The Kier molecular flexibility index (Phi) is 10.7. The normalized spacial score (nSPS) is 26.3. The predicted molar refractivity (Wildman–Crippen MR) is 186 cm³/mol. The number of amides is 2. The molecule has 3 aliphatic rings. The van der Waals surface area contributed by atoms with Gasteiger partial charge in [-0.1, -0.05) is 48.3 Å². The molecule has 0 unspecified atom stereocenters. The number of hydrogen-bond acceptors (Lipinski definition) is 6. The van der Waals surface area contributed by atoms with E-state index in [9.17, 15) is 19.5 Å². The number of aryl methyl sites for hydroxylation is 1. The van der Waals surface area contributed by atoms with E-state index in [1.54, 1.807) is 25.4 Å². The molecule has 258 valence electrons. The van der Waals surface area contributed by atoms with Crippen molar-refractivity contribution in [2.45, 2.75) is 69.7 Å². The maximum atomic E-state index is 14.0. The second-order valence-corrected chi connectivity index (χ2v) is 14.5. The van der Waals surface area contributed by atoms with Gasteiger partial charge in [0, 0.05) is 62.0 Å². The number of carboxylic acids is 1. The van der Waals surface area contributed by atoms with Gasteiger partial charge in [-0.15, -0.1) is 0 Å². The predicted octanol–water partition coefficient (Wildman–Crippen LogP) is 5.88. The van der Waals surface area contributed by atoms with E-state index in [2.05, 4.69) is 17.1 Å². The van der Waals surface area contributed by atoms with E-state index >= 15 is 0 Å². The number of para-hydroxylation sites is 1. The van der Waals surface area contributed by atoms with Crippen molar-refractivity contribution in [3.8, 4) is 0 Å². The summed E-state index contributed by atoms with van der Waals surface area (Å²) in [6.07, 6.45) is 5.41. The zero-order valence-corrected chi connectivity index (χ0v) is 29.2. The molecule has 48 heavy (non-hydrogen) atoms. The number of carbonyl (C=O) groups is 3. The molecule has 2 N–H and O–H groups in total. The van der Waals surface area contributed by atoms with Crippen LogP contribution in [-0.2, 0) is 32.5 Å². The molecular weight excluding hydrogens is 655 g/mol. The number of carboxylic acid groups (broad SMARTS) is 1. The monoisotopic (exact) mass is 698 g/mol. The number of likely N-dealkylation sites (tertiary alicyclic amines) is 2. The fourth-order valence-electron chi connectivity index (χ4n) is 7.72. The lowest BCUT2D eigenvalue weighted by atomic mass is 9.87. The summed E-state index contributed by atoms with van der Waals surface area (Å²) < 4.78 is 13.9. The third-order valence-corrected chi connectivity index (χ3v) is 11.2. The number of ether oxygens (including phenoxy) is 2. The van der Waals surface area contributed by atoms with Crippen molar-refractivity contribution in [1.82, 2.24) is 14.4 Å². The average molecular weight is 700 g/mol. The van der Waals surface area contributed by atoms with E-state index in [1.807, 2.05) is 40.8 Å². The number of nitrogens with zero attached hydrogens (tertiary/aromatic N) is 3. The maximum Gasteiger partial charge on any atom is 0.306 e. The van der Waals surface area contributed by atoms with Crippen molar-refractivity contribution >= 4 is 57.6 Å². The molecule has 10 nitrogen and oxygen atoms in total. The standard InChI is InChI=1S/C36H44Cl2N4O6/c1-21-16-41(19-33(21)47-3)24-14-25(20-48-26-10-8-22(9-11-26)36(45)46)42(17-24)34(43)13-23-12-30(38)31(15-29(23)37)39-35(44)28-18-40(2)32-7-5-4-6-27(28)32/h4-7,12,15,18,21-22,24-26,33H,8-11,13-14,16-17,19-20H2,1-3H3,(H,39,44)(H,45,46)/t21-,22-,24-,25-,26-,33-/m0/s1. The molecule has 1 saturated carbocycles. The van der Waals surface area contributed by atoms with Crippen LogP contribution < -0.4 is 5.32 Å². The van der Waals surface area contributed by atoms with E-state index in [1.165, 1.54) is 0 Å². The van der Waals surface area contributed by atoms with Gasteiger partial charge >= 0.3 is 5.97 Å². The Hall–Kier alpha value is -3.15. The summed E-state index contributed by atoms with van der Waals surface area (Å²) in [6, 6.07) is 11.0. The van der Waals surface area contributed by atoms with Gasteiger partial charge in [0.25, 0.3) is 5.91 Å². The SMILES string of the molecule is CO[C@H]1CN([C@H]2C[C@@H](CO[C@H]3CC[C@H](C(=O)O)CC3)N(C(=O)Cc3cc(Cl)c(NC(=O)c4cn(C)c5ccccc45)cc3Cl)C2)C[C@@H]1C. The summed E-state index contributed by atoms with van der Waals surface area (Å²) in [6.45, 7) is 4.90. The average Bonchev–Trinajstić information content (AvgIpc) is 3.77. The van der Waals surface area contributed by atoms with Gasteiger partial charge < -0.3 is 29.4 Å². The lowest BCUT2D eigenvalue weighted by molar-refractivity contribution is -0.144. The van der Waals surface area contributed by atoms with Crippen LogP contribution in [0.2, 0.25) is 10.0 Å². The van der Waals surface area contributed by atoms with Crippen molar-refractivity contribution < 1.29 is 29.0 Å². The molecule has 3 heterocycles. The first-order chi connectivity index (χ1) is 23.0. The minimum atomic E-state index is -0.739. The quantitative estimate of drug-likeness (QED) is 0.272. The molecule has 3 fully saturated rings. The molecule has 6 rings (SSSR count). The first-order valence-electron chi connectivity index (χ1n) is 16.8. The summed E-state index contributed by atoms with van der Waals surface area (Å²) in [7, 11) is 3.64. The summed E-state index contributed by atoms with van der Waals surface area (Å²) in [5.41, 5.74) is 2.42. The number of anilines is 1. The van der Waals surface area contributed by atoms with Gasteiger partial charge in [-0.2, -0.15) is 0 Å². The fraction of sp³-hybridized carbons (Fsp3) is 0.528. The minimum Gasteiger partial charge on any atom is -0.481 e. The van der Waals surface area contributed by atoms with Crippen LogP contribution in [0.5, 0.6) is 0 Å². The van der Waals surface area contributed by atoms with Crippen molar-refractivity contribution in [3.63, 3.8) is 0 Å². The van der Waals surface area contributed by atoms with E-state index in [4.69, 9.17) is 32.7 Å². The maximum absolute atomic E-state index is 14.0. The Morgan fingerprint density at radius 3 is 2.48 bits per heavy atom. The van der Waals surface area contributed by atoms with Crippen LogP contribution in [0.1, 0.15) is 54.9 Å². The summed E-state index contributed by atoms with van der Waals surface area (Å²) in [5, 5.41) is 13.7. The number of benzene rings is 2. The smallest absolute Gasteiger partial charge is 0.306 e. The Balaban J connectivity index is 1.14. The van der Waals surface area contributed by atoms with Crippen LogP contribution in [0.25, 0.3) is 10.9 Å². The molecule has 2 amide bonds. The highest BCUT2D eigenvalue weighted by Crippen LogP contribution is 2.34. The Bertz CT molecular complexity index is 1670. The number of rotatable bonds is 10. The summed E-state index contributed by atoms with van der Waals surface area (Å²) >= 11 is 13.4. The highest BCUT2D eigenvalue weighted by Gasteiger charge is 2.42. The largest absolute Gasteiger partial charge is 0.481 e. The molecular formula is C36H44Cl2N4O6. The molecule has 1 aromatic heterocycles. The van der Waals surface area contributed by atoms with Crippen LogP contribution in [0.3, 0.4) is 0 Å². The van der Waals surface area contributed by atoms with Gasteiger partial charge in [-0.25, -0.2) is 0 Å². The van der Waals surface area contributed by atoms with Gasteiger partial charge in [-0.3, -0.25) is 19.3 Å². The zero-order chi connectivity index (χ0) is 34.1. The van der Waals surface area contributed by atoms with Crippen molar-refractivity contribution in [3.05, 3.63) is 63.8 Å². The number of carbonyl (C=O) groups excluding carboxylic acids is 2. The van der Waals surface area contributed by atoms with Gasteiger partial charge in [0.1, 0.15) is 0 Å². The Labute approximate surface area is 291 Å². The van der Waals surface area contributed by atoms with Gasteiger partial charge in [0.05, 0.1) is 53.5 Å². The molecule has 0 spiro atoms. The Morgan fingerprint density at radius 2 is 1.77 bits per heavy atom. The lowest BCUT2D eigenvalue weighted by Crippen LogP contribution is -2.41. The van der Waals surface area contributed by atoms with E-state index in [0.29, 0.717) is 71.6 Å². The van der Waals surface area contributed by atoms with E-state index in [0.717, 1.165) is 30.4 Å². The highest BCUT2D eigenvalue weighted by atomic mass is 35.5. The number of nitrogens with one attached hydrogen (secondary N) is 1. The number of methoxy groups -OCH3 is 1. The van der Waals surface area contributed by atoms with Gasteiger partial charge in [0.15, 0.2) is 0 Å². The molecule has 1 aliphatic carbocycles. The van der Waals surface area contributed by atoms with Crippen LogP contribution in [0.4, 0.5) is 5.69 Å². The molecule has 12 heteroatoms. The third-order valence-electron chi connectivity index (χ3n) is 10.5. The van der Waals surface area contributed by atoms with Crippen LogP contribution in [-0.4, -0.2) is 94.9 Å².